The second kappa shape index (κ2) is 4.93. The Hall–Kier alpha value is -1.13. The van der Waals surface area contributed by atoms with Gasteiger partial charge in [0.1, 0.15) is 0 Å². The van der Waals surface area contributed by atoms with Crippen LogP contribution in [0.25, 0.3) is 0 Å². The largest absolute Gasteiger partial charge is 0.396 e. The van der Waals surface area contributed by atoms with Crippen molar-refractivity contribution in [2.45, 2.75) is 26.4 Å². The monoisotopic (exact) mass is 196 g/mol. The van der Waals surface area contributed by atoms with Gasteiger partial charge in [0.15, 0.2) is 0 Å². The maximum Gasteiger partial charge on any atom is 0.255 e. The predicted molar refractivity (Wildman–Crippen MR) is 55.0 cm³/mol. The van der Waals surface area contributed by atoms with Crippen LogP contribution in [0.15, 0.2) is 16.9 Å². The molecule has 0 saturated heterocycles. The molecule has 3 N–H and O–H groups in total. The summed E-state index contributed by atoms with van der Waals surface area (Å²) in [5, 5.41) is 8.70. The first-order valence-corrected chi connectivity index (χ1v) is 4.71. The summed E-state index contributed by atoms with van der Waals surface area (Å²) >= 11 is 0. The summed E-state index contributed by atoms with van der Waals surface area (Å²) in [5.74, 6) is 0. The zero-order chi connectivity index (χ0) is 10.6. The summed E-state index contributed by atoms with van der Waals surface area (Å²) in [6, 6.07) is 3.63. The van der Waals surface area contributed by atoms with Crippen molar-refractivity contribution in [3.8, 4) is 0 Å². The van der Waals surface area contributed by atoms with E-state index in [2.05, 4.69) is 0 Å². The zero-order valence-corrected chi connectivity index (χ0v) is 8.36. The Kier molecular flexibility index (Phi) is 3.85. The summed E-state index contributed by atoms with van der Waals surface area (Å²) in [7, 11) is 0. The normalized spacial score (nSPS) is 10.5. The molecule has 0 aliphatic carbocycles. The van der Waals surface area contributed by atoms with Crippen LogP contribution in [0, 0.1) is 6.92 Å². The van der Waals surface area contributed by atoms with Gasteiger partial charge in [0, 0.05) is 31.0 Å². The van der Waals surface area contributed by atoms with Gasteiger partial charge in [0.25, 0.3) is 5.56 Å². The molecule has 1 aromatic heterocycles. The van der Waals surface area contributed by atoms with Crippen LogP contribution in [-0.4, -0.2) is 16.3 Å². The molecule has 1 heterocycles. The van der Waals surface area contributed by atoms with Gasteiger partial charge in [0.05, 0.1) is 0 Å². The van der Waals surface area contributed by atoms with E-state index in [0.717, 1.165) is 5.69 Å². The quantitative estimate of drug-likeness (QED) is 0.712. The van der Waals surface area contributed by atoms with Gasteiger partial charge in [-0.15, -0.1) is 0 Å². The number of nitrogens with two attached hydrogens (primary N) is 1. The lowest BCUT2D eigenvalue weighted by molar-refractivity contribution is 0.278. The highest BCUT2D eigenvalue weighted by Gasteiger charge is 2.03. The fourth-order valence-electron chi connectivity index (χ4n) is 1.38. The predicted octanol–water partition coefficient (Wildman–Crippen LogP) is -0.00218. The second-order valence-electron chi connectivity index (χ2n) is 3.24. The fourth-order valence-corrected chi connectivity index (χ4v) is 1.38. The molecule has 78 valence electrons. The summed E-state index contributed by atoms with van der Waals surface area (Å²) in [5.41, 5.74) is 6.92. The van der Waals surface area contributed by atoms with Crippen LogP contribution in [0.1, 0.15) is 17.7 Å². The van der Waals surface area contributed by atoms with Gasteiger partial charge in [-0.1, -0.05) is 6.07 Å². The third kappa shape index (κ3) is 2.21. The number of aliphatic hydroxyl groups is 1. The van der Waals surface area contributed by atoms with Crippen LogP contribution < -0.4 is 11.3 Å². The lowest BCUT2D eigenvalue weighted by Crippen LogP contribution is -2.27. The molecular formula is C10H16N2O2. The molecule has 0 radical (unpaired) electrons. The van der Waals surface area contributed by atoms with Gasteiger partial charge in [-0.05, 0) is 19.4 Å². The topological polar surface area (TPSA) is 68.2 Å². The van der Waals surface area contributed by atoms with E-state index in [-0.39, 0.29) is 18.7 Å². The number of pyridine rings is 1. The second-order valence-corrected chi connectivity index (χ2v) is 3.24. The standard InChI is InChI=1S/C10H16N2O2/c1-8-3-4-9(7-11)10(14)12(8)5-2-6-13/h3-4,13H,2,5-7,11H2,1H3. The van der Waals surface area contributed by atoms with Gasteiger partial charge in [-0.25, -0.2) is 0 Å². The Bertz CT molecular complexity index is 358. The highest BCUT2D eigenvalue weighted by atomic mass is 16.3. The van der Waals surface area contributed by atoms with Crippen LogP contribution in [-0.2, 0) is 13.1 Å². The number of hydrogen-bond acceptors (Lipinski definition) is 3. The molecule has 0 saturated carbocycles. The van der Waals surface area contributed by atoms with Gasteiger partial charge < -0.3 is 15.4 Å². The van der Waals surface area contributed by atoms with Crippen molar-refractivity contribution in [1.29, 1.82) is 0 Å². The Morgan fingerprint density at radius 2 is 2.21 bits per heavy atom. The molecule has 4 heteroatoms. The van der Waals surface area contributed by atoms with Crippen LogP contribution >= 0.6 is 0 Å². The first-order valence-electron chi connectivity index (χ1n) is 4.71. The van der Waals surface area contributed by atoms with Crippen molar-refractivity contribution < 1.29 is 5.11 Å². The fraction of sp³-hybridized carbons (Fsp3) is 0.500. The average molecular weight is 196 g/mol. The zero-order valence-electron chi connectivity index (χ0n) is 8.36. The van der Waals surface area contributed by atoms with Crippen LogP contribution in [0.3, 0.4) is 0 Å². The molecule has 1 aromatic rings. The van der Waals surface area contributed by atoms with E-state index in [1.54, 1.807) is 10.6 Å². The van der Waals surface area contributed by atoms with Crippen LogP contribution in [0.5, 0.6) is 0 Å². The molecule has 0 spiro atoms. The molecule has 4 nitrogen and oxygen atoms in total. The molecule has 0 atom stereocenters. The van der Waals surface area contributed by atoms with E-state index in [4.69, 9.17) is 10.8 Å². The Morgan fingerprint density at radius 3 is 2.79 bits per heavy atom. The number of aryl methyl sites for hydroxylation is 1. The van der Waals surface area contributed by atoms with Crippen molar-refractivity contribution in [2.24, 2.45) is 5.73 Å². The van der Waals surface area contributed by atoms with Crippen molar-refractivity contribution in [3.05, 3.63) is 33.7 Å². The van der Waals surface area contributed by atoms with E-state index in [0.29, 0.717) is 18.5 Å². The highest BCUT2D eigenvalue weighted by molar-refractivity contribution is 5.15. The van der Waals surface area contributed by atoms with Gasteiger partial charge in [-0.2, -0.15) is 0 Å². The summed E-state index contributed by atoms with van der Waals surface area (Å²) in [6.45, 7) is 2.78. The minimum absolute atomic E-state index is 0.0408. The Balaban J connectivity index is 3.06. The van der Waals surface area contributed by atoms with Gasteiger partial charge in [-0.3, -0.25) is 4.79 Å². The summed E-state index contributed by atoms with van der Waals surface area (Å²) in [4.78, 5) is 11.7. The van der Waals surface area contributed by atoms with E-state index in [1.807, 2.05) is 13.0 Å². The van der Waals surface area contributed by atoms with E-state index < -0.39 is 0 Å². The lowest BCUT2D eigenvalue weighted by Gasteiger charge is -2.10. The van der Waals surface area contributed by atoms with Crippen molar-refractivity contribution in [3.63, 3.8) is 0 Å². The van der Waals surface area contributed by atoms with Crippen LogP contribution in [0.2, 0.25) is 0 Å². The highest BCUT2D eigenvalue weighted by Crippen LogP contribution is 1.99. The molecule has 14 heavy (non-hydrogen) atoms. The third-order valence-electron chi connectivity index (χ3n) is 2.23. The summed E-state index contributed by atoms with van der Waals surface area (Å²) < 4.78 is 1.65. The molecule has 0 fully saturated rings. The minimum Gasteiger partial charge on any atom is -0.396 e. The van der Waals surface area contributed by atoms with Crippen molar-refractivity contribution in [1.82, 2.24) is 4.57 Å². The number of hydrogen-bond donors (Lipinski definition) is 2. The first kappa shape index (κ1) is 10.9. The molecule has 0 bridgehead atoms. The average Bonchev–Trinajstić information content (AvgIpc) is 2.18. The molecule has 0 amide bonds. The van der Waals surface area contributed by atoms with Crippen molar-refractivity contribution in [2.75, 3.05) is 6.61 Å². The van der Waals surface area contributed by atoms with E-state index in [1.165, 1.54) is 0 Å². The van der Waals surface area contributed by atoms with Gasteiger partial charge in [0.2, 0.25) is 0 Å². The van der Waals surface area contributed by atoms with E-state index >= 15 is 0 Å². The molecule has 0 aromatic carbocycles. The third-order valence-corrected chi connectivity index (χ3v) is 2.23. The molecule has 0 aliphatic heterocycles. The summed E-state index contributed by atoms with van der Waals surface area (Å²) in [6.07, 6.45) is 0.592. The van der Waals surface area contributed by atoms with Crippen molar-refractivity contribution >= 4 is 0 Å². The minimum atomic E-state index is -0.0408. The number of nitrogens with zero attached hydrogens (tertiary/aromatic N) is 1. The molecule has 0 unspecified atom stereocenters. The smallest absolute Gasteiger partial charge is 0.255 e. The SMILES string of the molecule is Cc1ccc(CN)c(=O)n1CCCO. The lowest BCUT2D eigenvalue weighted by atomic mass is 10.2. The molecular weight excluding hydrogens is 180 g/mol. The van der Waals surface area contributed by atoms with Crippen LogP contribution in [0.4, 0.5) is 0 Å². The number of rotatable bonds is 4. The molecule has 0 aliphatic rings. The maximum absolute atomic E-state index is 11.7. The first-order chi connectivity index (χ1) is 6.70. The van der Waals surface area contributed by atoms with E-state index in [9.17, 15) is 4.79 Å². The Labute approximate surface area is 83.0 Å². The number of aliphatic hydroxyl groups excluding tert-OH is 1. The Morgan fingerprint density at radius 1 is 1.50 bits per heavy atom. The molecule has 1 rings (SSSR count). The maximum atomic E-state index is 11.7. The van der Waals surface area contributed by atoms with Gasteiger partial charge >= 0.3 is 0 Å². The number of aromatic nitrogens is 1.